The summed E-state index contributed by atoms with van der Waals surface area (Å²) in [5.74, 6) is 0.905. The molecule has 1 aromatic rings. The standard InChI is InChI=1S/C9H11O3P/c1-8-3-2-4-9(7-8)5-6-13(10,11)12/h2-7H,1H3,(H2,10,11,12)/b6-5+. The molecule has 0 heterocycles. The maximum Gasteiger partial charge on any atom is 0.349 e. The lowest BCUT2D eigenvalue weighted by atomic mass is 10.1. The van der Waals surface area contributed by atoms with Gasteiger partial charge in [0, 0.05) is 5.82 Å². The van der Waals surface area contributed by atoms with Crippen molar-refractivity contribution in [3.05, 3.63) is 41.2 Å². The van der Waals surface area contributed by atoms with Crippen molar-refractivity contribution in [2.24, 2.45) is 0 Å². The van der Waals surface area contributed by atoms with Gasteiger partial charge < -0.3 is 9.79 Å². The predicted octanol–water partition coefficient (Wildman–Crippen LogP) is 2.14. The minimum absolute atomic E-state index is 0.795. The number of hydrogen-bond acceptors (Lipinski definition) is 1. The fraction of sp³-hybridized carbons (Fsp3) is 0.111. The van der Waals surface area contributed by atoms with Crippen LogP contribution >= 0.6 is 7.60 Å². The first kappa shape index (κ1) is 10.2. The summed E-state index contributed by atoms with van der Waals surface area (Å²) in [6.07, 6.45) is 1.42. The highest BCUT2D eigenvalue weighted by molar-refractivity contribution is 7.55. The summed E-state index contributed by atoms with van der Waals surface area (Å²) in [6, 6.07) is 7.41. The summed E-state index contributed by atoms with van der Waals surface area (Å²) in [6.45, 7) is 1.93. The lowest BCUT2D eigenvalue weighted by Crippen LogP contribution is -1.75. The third-order valence-corrected chi connectivity index (χ3v) is 2.04. The van der Waals surface area contributed by atoms with E-state index in [0.29, 0.717) is 0 Å². The molecule has 0 aliphatic heterocycles. The SMILES string of the molecule is Cc1cccc(/C=C/P(=O)(O)O)c1. The van der Waals surface area contributed by atoms with E-state index in [1.807, 2.05) is 25.1 Å². The van der Waals surface area contributed by atoms with Gasteiger partial charge in [-0.15, -0.1) is 0 Å². The fourth-order valence-electron chi connectivity index (χ4n) is 0.957. The van der Waals surface area contributed by atoms with Gasteiger partial charge in [0.25, 0.3) is 0 Å². The van der Waals surface area contributed by atoms with Crippen molar-refractivity contribution in [2.45, 2.75) is 6.92 Å². The molecule has 0 fully saturated rings. The van der Waals surface area contributed by atoms with Gasteiger partial charge in [0.05, 0.1) is 0 Å². The van der Waals surface area contributed by atoms with E-state index in [1.54, 1.807) is 6.07 Å². The van der Waals surface area contributed by atoms with E-state index in [2.05, 4.69) is 0 Å². The van der Waals surface area contributed by atoms with Gasteiger partial charge in [0.1, 0.15) is 0 Å². The molecule has 0 bridgehead atoms. The van der Waals surface area contributed by atoms with Crippen LogP contribution in [0.1, 0.15) is 11.1 Å². The molecular formula is C9H11O3P. The maximum absolute atomic E-state index is 10.5. The monoisotopic (exact) mass is 198 g/mol. The van der Waals surface area contributed by atoms with Crippen molar-refractivity contribution >= 4 is 13.7 Å². The molecule has 3 nitrogen and oxygen atoms in total. The van der Waals surface area contributed by atoms with Crippen LogP contribution < -0.4 is 0 Å². The third kappa shape index (κ3) is 4.04. The van der Waals surface area contributed by atoms with Gasteiger partial charge in [0.15, 0.2) is 0 Å². The Morgan fingerprint density at radius 1 is 1.38 bits per heavy atom. The Hall–Kier alpha value is -0.890. The molecular weight excluding hydrogens is 187 g/mol. The molecule has 70 valence electrons. The van der Waals surface area contributed by atoms with Crippen molar-refractivity contribution in [3.8, 4) is 0 Å². The van der Waals surface area contributed by atoms with Crippen LogP contribution in [0.3, 0.4) is 0 Å². The average molecular weight is 198 g/mol. The smallest absolute Gasteiger partial charge is 0.321 e. The van der Waals surface area contributed by atoms with E-state index in [4.69, 9.17) is 9.79 Å². The van der Waals surface area contributed by atoms with Crippen LogP contribution in [-0.2, 0) is 4.57 Å². The van der Waals surface area contributed by atoms with Crippen LogP contribution in [0.25, 0.3) is 6.08 Å². The molecule has 0 atom stereocenters. The molecule has 2 N–H and O–H groups in total. The summed E-state index contributed by atoms with van der Waals surface area (Å²) < 4.78 is 10.5. The predicted molar refractivity (Wildman–Crippen MR) is 52.3 cm³/mol. The summed E-state index contributed by atoms with van der Waals surface area (Å²) in [7, 11) is -4.03. The Kier molecular flexibility index (Phi) is 3.04. The molecule has 0 aliphatic carbocycles. The average Bonchev–Trinajstić information content (AvgIpc) is 2.00. The van der Waals surface area contributed by atoms with Crippen molar-refractivity contribution in [2.75, 3.05) is 0 Å². The molecule has 1 aromatic carbocycles. The van der Waals surface area contributed by atoms with Crippen LogP contribution in [0.4, 0.5) is 0 Å². The lowest BCUT2D eigenvalue weighted by molar-refractivity contribution is 0.386. The van der Waals surface area contributed by atoms with Crippen LogP contribution in [0.15, 0.2) is 30.1 Å². The van der Waals surface area contributed by atoms with Gasteiger partial charge in [-0.25, -0.2) is 0 Å². The first-order valence-corrected chi connectivity index (χ1v) is 5.47. The van der Waals surface area contributed by atoms with Crippen LogP contribution in [0.2, 0.25) is 0 Å². The largest absolute Gasteiger partial charge is 0.349 e. The highest BCUT2D eigenvalue weighted by Crippen LogP contribution is 2.36. The topological polar surface area (TPSA) is 57.5 Å². The second-order valence-corrected chi connectivity index (χ2v) is 4.30. The molecule has 0 amide bonds. The number of rotatable bonds is 2. The van der Waals surface area contributed by atoms with Gasteiger partial charge in [-0.3, -0.25) is 4.57 Å². The normalized spacial score (nSPS) is 12.2. The molecule has 13 heavy (non-hydrogen) atoms. The summed E-state index contributed by atoms with van der Waals surface area (Å²) >= 11 is 0. The zero-order valence-corrected chi connectivity index (χ0v) is 8.11. The van der Waals surface area contributed by atoms with E-state index < -0.39 is 7.60 Å². The summed E-state index contributed by atoms with van der Waals surface area (Å²) in [4.78, 5) is 17.1. The van der Waals surface area contributed by atoms with Gasteiger partial charge in [-0.2, -0.15) is 0 Å². The Morgan fingerprint density at radius 2 is 2.08 bits per heavy atom. The molecule has 0 saturated carbocycles. The minimum atomic E-state index is -4.03. The first-order valence-electron chi connectivity index (χ1n) is 3.78. The Morgan fingerprint density at radius 3 is 2.62 bits per heavy atom. The zero-order valence-electron chi connectivity index (χ0n) is 7.21. The van der Waals surface area contributed by atoms with E-state index >= 15 is 0 Å². The Balaban J connectivity index is 2.87. The lowest BCUT2D eigenvalue weighted by Gasteiger charge is -1.96. The number of aryl methyl sites for hydroxylation is 1. The Labute approximate surface area is 76.9 Å². The highest BCUT2D eigenvalue weighted by Gasteiger charge is 2.04. The minimum Gasteiger partial charge on any atom is -0.321 e. The second kappa shape index (κ2) is 3.88. The maximum atomic E-state index is 10.5. The van der Waals surface area contributed by atoms with Crippen molar-refractivity contribution in [1.82, 2.24) is 0 Å². The first-order chi connectivity index (χ1) is 5.97. The fourth-order valence-corrected chi connectivity index (χ4v) is 1.32. The van der Waals surface area contributed by atoms with Crippen LogP contribution in [-0.4, -0.2) is 9.79 Å². The quantitative estimate of drug-likeness (QED) is 0.716. The van der Waals surface area contributed by atoms with E-state index in [-0.39, 0.29) is 0 Å². The molecule has 0 unspecified atom stereocenters. The van der Waals surface area contributed by atoms with Crippen molar-refractivity contribution in [3.63, 3.8) is 0 Å². The van der Waals surface area contributed by atoms with Crippen LogP contribution in [0, 0.1) is 6.92 Å². The van der Waals surface area contributed by atoms with E-state index in [9.17, 15) is 4.57 Å². The highest BCUT2D eigenvalue weighted by atomic mass is 31.2. The van der Waals surface area contributed by atoms with Crippen molar-refractivity contribution in [1.29, 1.82) is 0 Å². The van der Waals surface area contributed by atoms with Crippen molar-refractivity contribution < 1.29 is 14.4 Å². The molecule has 1 rings (SSSR count). The van der Waals surface area contributed by atoms with Gasteiger partial charge >= 0.3 is 7.60 Å². The second-order valence-electron chi connectivity index (χ2n) is 2.82. The number of benzene rings is 1. The molecule has 0 radical (unpaired) electrons. The molecule has 0 aliphatic rings. The van der Waals surface area contributed by atoms with Gasteiger partial charge in [0.2, 0.25) is 0 Å². The Bertz CT molecular complexity index is 365. The third-order valence-electron chi connectivity index (χ3n) is 1.50. The number of hydrogen-bond donors (Lipinski definition) is 2. The molecule has 0 aromatic heterocycles. The summed E-state index contributed by atoms with van der Waals surface area (Å²) in [5.41, 5.74) is 1.86. The zero-order chi connectivity index (χ0) is 9.90. The summed E-state index contributed by atoms with van der Waals surface area (Å²) in [5, 5.41) is 0. The van der Waals surface area contributed by atoms with Gasteiger partial charge in [-0.1, -0.05) is 29.8 Å². The molecule has 0 spiro atoms. The molecule has 4 heteroatoms. The van der Waals surface area contributed by atoms with E-state index in [0.717, 1.165) is 16.9 Å². The molecule has 0 saturated heterocycles. The van der Waals surface area contributed by atoms with Crippen LogP contribution in [0.5, 0.6) is 0 Å². The van der Waals surface area contributed by atoms with Gasteiger partial charge in [-0.05, 0) is 18.6 Å². The van der Waals surface area contributed by atoms with E-state index in [1.165, 1.54) is 6.08 Å².